The molecule has 4 rings (SSSR count). The molecule has 8 heteroatoms. The van der Waals surface area contributed by atoms with Crippen LogP contribution < -0.4 is 0 Å². The minimum atomic E-state index is -0.932. The average molecular weight is 660 g/mol. The van der Waals surface area contributed by atoms with Crippen molar-refractivity contribution in [3.63, 3.8) is 0 Å². The topological polar surface area (TPSA) is 102 Å². The molecule has 1 N–H and O–H groups in total. The van der Waals surface area contributed by atoms with Crippen molar-refractivity contribution in [3.05, 3.63) is 11.6 Å². The van der Waals surface area contributed by atoms with E-state index in [-0.39, 0.29) is 23.0 Å². The van der Waals surface area contributed by atoms with Crippen molar-refractivity contribution < 1.29 is 33.7 Å². The first-order chi connectivity index (χ1) is 21.6. The fourth-order valence-electron chi connectivity index (χ4n) is 9.86. The number of carbonyl (C=O) groups excluding carboxylic acids is 3. The molecule has 47 heavy (non-hydrogen) atoms. The van der Waals surface area contributed by atoms with Gasteiger partial charge in [0.25, 0.3) is 0 Å². The van der Waals surface area contributed by atoms with E-state index in [0.717, 1.165) is 32.1 Å². The van der Waals surface area contributed by atoms with Crippen LogP contribution in [-0.4, -0.2) is 58.1 Å². The molecule has 4 aliphatic carbocycles. The van der Waals surface area contributed by atoms with Gasteiger partial charge in [0.2, 0.25) is 0 Å². The molecule has 3 saturated carbocycles. The zero-order valence-electron chi connectivity index (χ0n) is 31.3. The van der Waals surface area contributed by atoms with E-state index in [1.807, 2.05) is 0 Å². The quantitative estimate of drug-likeness (QED) is 0.158. The van der Waals surface area contributed by atoms with Crippen molar-refractivity contribution in [1.29, 1.82) is 0 Å². The van der Waals surface area contributed by atoms with Gasteiger partial charge in [-0.1, -0.05) is 46.3 Å². The van der Waals surface area contributed by atoms with Crippen molar-refractivity contribution in [1.82, 2.24) is 4.90 Å². The summed E-state index contributed by atoms with van der Waals surface area (Å²) in [7, 11) is 0. The number of aliphatic hydroxyl groups excluding tert-OH is 1. The van der Waals surface area contributed by atoms with Crippen LogP contribution in [0.1, 0.15) is 140 Å². The molecule has 1 unspecified atom stereocenters. The molecular formula is C39H65NO7. The van der Waals surface area contributed by atoms with Crippen LogP contribution in [0.5, 0.6) is 0 Å². The number of hydrogen-bond acceptors (Lipinski definition) is 7. The molecule has 9 atom stereocenters. The number of fused-ring (bicyclic) bond motifs is 5. The van der Waals surface area contributed by atoms with E-state index in [2.05, 4.69) is 40.7 Å². The van der Waals surface area contributed by atoms with Gasteiger partial charge in [0.1, 0.15) is 23.9 Å². The summed E-state index contributed by atoms with van der Waals surface area (Å²) in [5.74, 6) is 2.84. The molecule has 2 amide bonds. The van der Waals surface area contributed by atoms with E-state index in [1.165, 1.54) is 31.3 Å². The maximum absolute atomic E-state index is 13.2. The first-order valence-electron chi connectivity index (χ1n) is 18.4. The second-order valence-electron chi connectivity index (χ2n) is 18.3. The number of nitrogens with zero attached hydrogens (tertiary/aromatic N) is 1. The normalized spacial score (nSPS) is 33.5. The Morgan fingerprint density at radius 2 is 1.51 bits per heavy atom. The Morgan fingerprint density at radius 3 is 2.09 bits per heavy atom. The summed E-state index contributed by atoms with van der Waals surface area (Å²) in [6.07, 6.45) is 10.4. The molecule has 3 fully saturated rings. The van der Waals surface area contributed by atoms with Crippen molar-refractivity contribution in [2.75, 3.05) is 6.54 Å². The summed E-state index contributed by atoms with van der Waals surface area (Å²) in [4.78, 5) is 39.7. The zero-order valence-corrected chi connectivity index (χ0v) is 31.3. The number of allylic oxidation sites excluding steroid dienone is 1. The van der Waals surface area contributed by atoms with Crippen molar-refractivity contribution in [2.45, 2.75) is 164 Å². The summed E-state index contributed by atoms with van der Waals surface area (Å²) >= 11 is 0. The molecule has 0 aromatic rings. The Bertz CT molecular complexity index is 1150. The van der Waals surface area contributed by atoms with Gasteiger partial charge in [-0.15, -0.1) is 0 Å². The smallest absolute Gasteiger partial charge is 0.420 e. The zero-order chi connectivity index (χ0) is 35.1. The van der Waals surface area contributed by atoms with Gasteiger partial charge in [-0.05, 0) is 146 Å². The summed E-state index contributed by atoms with van der Waals surface area (Å²) < 4.78 is 16.7. The van der Waals surface area contributed by atoms with Gasteiger partial charge in [-0.3, -0.25) is 4.79 Å². The van der Waals surface area contributed by atoms with Crippen LogP contribution in [0.15, 0.2) is 11.6 Å². The number of hydrogen-bond donors (Lipinski definition) is 1. The van der Waals surface area contributed by atoms with E-state index < -0.39 is 35.9 Å². The molecule has 0 saturated heterocycles. The van der Waals surface area contributed by atoms with Crippen LogP contribution in [0.25, 0.3) is 0 Å². The molecule has 0 aromatic carbocycles. The van der Waals surface area contributed by atoms with Gasteiger partial charge < -0.3 is 19.3 Å². The minimum Gasteiger partial charge on any atom is -0.461 e. The number of imide groups is 1. The third kappa shape index (κ3) is 8.56. The second-order valence-corrected chi connectivity index (χ2v) is 18.3. The van der Waals surface area contributed by atoms with Crippen LogP contribution >= 0.6 is 0 Å². The lowest BCUT2D eigenvalue weighted by Gasteiger charge is -2.58. The third-order valence-electron chi connectivity index (χ3n) is 12.2. The number of rotatable bonds is 8. The summed E-state index contributed by atoms with van der Waals surface area (Å²) in [5.41, 5.74) is 0.0796. The minimum absolute atomic E-state index is 0.0900. The highest BCUT2D eigenvalue weighted by Crippen LogP contribution is 2.67. The Kier molecular flexibility index (Phi) is 11.3. The summed E-state index contributed by atoms with van der Waals surface area (Å²) in [6.45, 7) is 21.4. The van der Waals surface area contributed by atoms with Crippen LogP contribution in [0.4, 0.5) is 9.59 Å². The van der Waals surface area contributed by atoms with Crippen molar-refractivity contribution in [3.8, 4) is 0 Å². The third-order valence-corrected chi connectivity index (χ3v) is 12.2. The molecule has 0 radical (unpaired) electrons. The van der Waals surface area contributed by atoms with Crippen molar-refractivity contribution >= 4 is 18.2 Å². The molecule has 4 aliphatic rings. The molecule has 0 aliphatic heterocycles. The van der Waals surface area contributed by atoms with Crippen LogP contribution in [0.2, 0.25) is 0 Å². The van der Waals surface area contributed by atoms with E-state index in [9.17, 15) is 19.5 Å². The first-order valence-corrected chi connectivity index (χ1v) is 18.4. The maximum Gasteiger partial charge on any atom is 0.420 e. The largest absolute Gasteiger partial charge is 0.461 e. The monoisotopic (exact) mass is 659 g/mol. The molecule has 0 bridgehead atoms. The van der Waals surface area contributed by atoms with Gasteiger partial charge in [-0.2, -0.15) is 0 Å². The van der Waals surface area contributed by atoms with Gasteiger partial charge in [0.15, 0.2) is 0 Å². The van der Waals surface area contributed by atoms with Gasteiger partial charge in [-0.25, -0.2) is 14.5 Å². The Morgan fingerprint density at radius 1 is 0.894 bits per heavy atom. The molecule has 0 heterocycles. The van der Waals surface area contributed by atoms with Crippen molar-refractivity contribution in [2.24, 2.45) is 46.3 Å². The predicted molar refractivity (Wildman–Crippen MR) is 183 cm³/mol. The lowest BCUT2D eigenvalue weighted by molar-refractivity contribution is -0.152. The number of aliphatic hydroxyl groups is 1. The molecule has 8 nitrogen and oxygen atoms in total. The fourth-order valence-corrected chi connectivity index (χ4v) is 9.86. The average Bonchev–Trinajstić information content (AvgIpc) is 3.29. The Balaban J connectivity index is 1.41. The standard InChI is InChI=1S/C39H65NO7/c1-24(2)12-17-32(41)25(3)29-15-16-30-28-14-13-26-22-27(18-20-38(26,10)31(28)19-21-39(29,30)11)45-33(42)23-40(34(43)46-36(4,5)6)35(44)47-37(7,8)9/h13,24-25,27-32,41H,12,14-23H2,1-11H3/t25-,27?,28-,29+,30-,31-,32-,38-,39+/m0/s1. The molecular weight excluding hydrogens is 594 g/mol. The van der Waals surface area contributed by atoms with Gasteiger partial charge in [0.05, 0.1) is 6.10 Å². The van der Waals surface area contributed by atoms with E-state index in [0.29, 0.717) is 46.8 Å². The van der Waals surface area contributed by atoms with E-state index in [4.69, 9.17) is 14.2 Å². The number of carbonyl (C=O) groups is 3. The summed E-state index contributed by atoms with van der Waals surface area (Å²) in [5, 5.41) is 11.1. The highest BCUT2D eigenvalue weighted by Gasteiger charge is 2.59. The highest BCUT2D eigenvalue weighted by molar-refractivity contribution is 5.92. The van der Waals surface area contributed by atoms with E-state index in [1.54, 1.807) is 41.5 Å². The second kappa shape index (κ2) is 14.0. The number of esters is 1. The lowest BCUT2D eigenvalue weighted by atomic mass is 9.47. The SMILES string of the molecule is CC(C)CC[C@H](O)[C@@H](C)[C@H]1CC[C@H]2[C@@H]3CC=C4CC(OC(=O)CN(C(=O)OC(C)(C)C)C(=O)OC(C)(C)C)CC[C@]4(C)[C@H]3CC[C@]12C. The van der Waals surface area contributed by atoms with Crippen LogP contribution in [0, 0.1) is 46.3 Å². The van der Waals surface area contributed by atoms with Gasteiger partial charge >= 0.3 is 18.2 Å². The fraction of sp³-hybridized carbons (Fsp3) is 0.872. The number of ether oxygens (including phenoxy) is 3. The molecule has 0 aromatic heterocycles. The first kappa shape index (κ1) is 37.7. The molecule has 268 valence electrons. The van der Waals surface area contributed by atoms with Gasteiger partial charge in [0, 0.05) is 6.42 Å². The molecule has 0 spiro atoms. The van der Waals surface area contributed by atoms with Crippen LogP contribution in [-0.2, 0) is 19.0 Å². The lowest BCUT2D eigenvalue weighted by Crippen LogP contribution is -2.51. The summed E-state index contributed by atoms with van der Waals surface area (Å²) in [6, 6.07) is 0. The predicted octanol–water partition coefficient (Wildman–Crippen LogP) is 9.08. The van der Waals surface area contributed by atoms with Crippen LogP contribution in [0.3, 0.4) is 0 Å². The maximum atomic E-state index is 13.2. The highest BCUT2D eigenvalue weighted by atomic mass is 16.6. The number of amides is 2. The van der Waals surface area contributed by atoms with E-state index >= 15 is 0 Å². The Hall–Kier alpha value is -2.09. The Labute approximate surface area is 284 Å².